The molecule has 0 radical (unpaired) electrons. The van der Waals surface area contributed by atoms with Crippen molar-refractivity contribution in [3.63, 3.8) is 0 Å². The van der Waals surface area contributed by atoms with Gasteiger partial charge in [-0.25, -0.2) is 4.98 Å². The zero-order chi connectivity index (χ0) is 12.8. The lowest BCUT2D eigenvalue weighted by atomic mass is 9.88. The molecule has 1 aromatic heterocycles. The summed E-state index contributed by atoms with van der Waals surface area (Å²) in [4.78, 5) is 18.0. The van der Waals surface area contributed by atoms with Gasteiger partial charge in [-0.3, -0.25) is 9.69 Å². The van der Waals surface area contributed by atoms with Crippen LogP contribution in [0.2, 0.25) is 0 Å². The molecular weight excluding hydrogens is 240 g/mol. The van der Waals surface area contributed by atoms with Gasteiger partial charge in [-0.1, -0.05) is 0 Å². The van der Waals surface area contributed by atoms with Crippen LogP contribution >= 0.6 is 11.3 Å². The minimum atomic E-state index is -0.981. The summed E-state index contributed by atoms with van der Waals surface area (Å²) < 4.78 is 0. The maximum atomic E-state index is 11.1. The van der Waals surface area contributed by atoms with E-state index in [1.54, 1.807) is 24.9 Å². The van der Waals surface area contributed by atoms with Gasteiger partial charge in [0.15, 0.2) is 0 Å². The lowest BCUT2D eigenvalue weighted by molar-refractivity contribution is -0.173. The molecule has 0 saturated carbocycles. The first-order valence-electron chi connectivity index (χ1n) is 5.39. The molecule has 0 amide bonds. The zero-order valence-electron chi connectivity index (χ0n) is 10.1. The second-order valence-corrected chi connectivity index (χ2v) is 6.26. The highest BCUT2D eigenvalue weighted by molar-refractivity contribution is 7.11. The first kappa shape index (κ1) is 12.5. The van der Waals surface area contributed by atoms with Crippen molar-refractivity contribution in [2.45, 2.75) is 31.9 Å². The maximum absolute atomic E-state index is 11.1. The molecule has 0 spiro atoms. The lowest BCUT2D eigenvalue weighted by Gasteiger charge is -2.51. The van der Waals surface area contributed by atoms with Gasteiger partial charge in [-0.05, 0) is 20.8 Å². The summed E-state index contributed by atoms with van der Waals surface area (Å²) in [6.07, 6.45) is 1.73. The van der Waals surface area contributed by atoms with Gasteiger partial charge in [0.2, 0.25) is 0 Å². The molecule has 6 heteroatoms. The van der Waals surface area contributed by atoms with Crippen LogP contribution < -0.4 is 0 Å². The van der Waals surface area contributed by atoms with Gasteiger partial charge in [0.1, 0.15) is 16.1 Å². The van der Waals surface area contributed by atoms with E-state index < -0.39 is 17.1 Å². The number of hydrogen-bond acceptors (Lipinski definition) is 5. The highest BCUT2D eigenvalue weighted by Gasteiger charge is 2.52. The van der Waals surface area contributed by atoms with Crippen LogP contribution in [0.25, 0.3) is 0 Å². The molecule has 5 nitrogen and oxygen atoms in total. The molecule has 1 saturated heterocycles. The minimum absolute atomic E-state index is 0.319. The maximum Gasteiger partial charge on any atom is 0.323 e. The van der Waals surface area contributed by atoms with Gasteiger partial charge >= 0.3 is 5.97 Å². The molecule has 0 aromatic carbocycles. The number of aryl methyl sites for hydroxylation is 1. The Morgan fingerprint density at radius 1 is 1.59 bits per heavy atom. The molecular formula is C11H16N2O3S. The average molecular weight is 256 g/mol. The SMILES string of the molecule is Cc1cnc(C2(O)CN(C(C)(C)C(=O)O)C2)s1. The van der Waals surface area contributed by atoms with Gasteiger partial charge in [-0.2, -0.15) is 0 Å². The monoisotopic (exact) mass is 256 g/mol. The quantitative estimate of drug-likeness (QED) is 0.837. The minimum Gasteiger partial charge on any atom is -0.480 e. The highest BCUT2D eigenvalue weighted by atomic mass is 32.1. The number of β-amino-alcohol motifs (C(OH)–C–C–N with tert-alkyl or cyclic N) is 1. The van der Waals surface area contributed by atoms with E-state index >= 15 is 0 Å². The Morgan fingerprint density at radius 3 is 2.59 bits per heavy atom. The summed E-state index contributed by atoms with van der Waals surface area (Å²) in [5, 5.41) is 20.1. The molecule has 17 heavy (non-hydrogen) atoms. The van der Waals surface area contributed by atoms with Crippen molar-refractivity contribution < 1.29 is 15.0 Å². The number of carbonyl (C=O) groups is 1. The van der Waals surface area contributed by atoms with Crippen molar-refractivity contribution in [2.24, 2.45) is 0 Å². The Morgan fingerprint density at radius 2 is 2.18 bits per heavy atom. The number of carboxylic acid groups (broad SMARTS) is 1. The average Bonchev–Trinajstić information content (AvgIpc) is 2.59. The molecule has 2 rings (SSSR count). The molecule has 1 aromatic rings. The number of aliphatic hydroxyl groups is 1. The summed E-state index contributed by atoms with van der Waals surface area (Å²) in [5.41, 5.74) is -1.93. The van der Waals surface area contributed by atoms with E-state index in [2.05, 4.69) is 4.98 Å². The Bertz CT molecular complexity index is 449. The van der Waals surface area contributed by atoms with Gasteiger partial charge in [0, 0.05) is 24.2 Å². The predicted octanol–water partition coefficient (Wildman–Crippen LogP) is 0.818. The number of carboxylic acids is 1. The Kier molecular flexibility index (Phi) is 2.76. The molecule has 1 fully saturated rings. The van der Waals surface area contributed by atoms with E-state index in [0.29, 0.717) is 18.1 Å². The van der Waals surface area contributed by atoms with E-state index in [4.69, 9.17) is 5.11 Å². The summed E-state index contributed by atoms with van der Waals surface area (Å²) >= 11 is 1.46. The van der Waals surface area contributed by atoms with Crippen molar-refractivity contribution in [3.8, 4) is 0 Å². The molecule has 1 aliphatic rings. The number of thiazole rings is 1. The summed E-state index contributed by atoms with van der Waals surface area (Å²) in [7, 11) is 0. The smallest absolute Gasteiger partial charge is 0.323 e. The first-order valence-corrected chi connectivity index (χ1v) is 6.21. The van der Waals surface area contributed by atoms with Crippen molar-refractivity contribution in [3.05, 3.63) is 16.1 Å². The van der Waals surface area contributed by atoms with Crippen LogP contribution in [0.1, 0.15) is 23.7 Å². The molecule has 0 atom stereocenters. The lowest BCUT2D eigenvalue weighted by Crippen LogP contribution is -2.67. The molecule has 0 aliphatic carbocycles. The topological polar surface area (TPSA) is 73.7 Å². The molecule has 2 heterocycles. The highest BCUT2D eigenvalue weighted by Crippen LogP contribution is 2.38. The van der Waals surface area contributed by atoms with Crippen molar-refractivity contribution in [2.75, 3.05) is 13.1 Å². The second-order valence-electron chi connectivity index (χ2n) is 5.03. The second kappa shape index (κ2) is 3.76. The Balaban J connectivity index is 2.10. The number of rotatable bonds is 3. The van der Waals surface area contributed by atoms with Gasteiger partial charge < -0.3 is 10.2 Å². The fourth-order valence-electron chi connectivity index (χ4n) is 1.82. The number of likely N-dealkylation sites (tertiary alicyclic amines) is 1. The van der Waals surface area contributed by atoms with Crippen LogP contribution in [0.5, 0.6) is 0 Å². The Hall–Kier alpha value is -0.980. The van der Waals surface area contributed by atoms with Crippen LogP contribution in [0.4, 0.5) is 0 Å². The molecule has 0 bridgehead atoms. The zero-order valence-corrected chi connectivity index (χ0v) is 10.9. The summed E-state index contributed by atoms with van der Waals surface area (Å²) in [6, 6.07) is 0. The van der Waals surface area contributed by atoms with Crippen molar-refractivity contribution in [1.29, 1.82) is 0 Å². The third-order valence-corrected chi connectivity index (χ3v) is 4.34. The van der Waals surface area contributed by atoms with E-state index in [1.165, 1.54) is 11.3 Å². The first-order chi connectivity index (χ1) is 7.75. The normalized spacial score (nSPS) is 20.0. The third kappa shape index (κ3) is 1.96. The van der Waals surface area contributed by atoms with Gasteiger partial charge in [0.25, 0.3) is 0 Å². The van der Waals surface area contributed by atoms with Crippen LogP contribution in [0.3, 0.4) is 0 Å². The standard InChI is InChI=1S/C11H16N2O3S/c1-7-4-12-8(17-7)11(16)5-13(6-11)10(2,3)9(14)15/h4,16H,5-6H2,1-3H3,(H,14,15). The fraction of sp³-hybridized carbons (Fsp3) is 0.636. The molecule has 1 aliphatic heterocycles. The molecule has 0 unspecified atom stereocenters. The van der Waals surface area contributed by atoms with E-state index in [0.717, 1.165) is 4.88 Å². The van der Waals surface area contributed by atoms with Crippen LogP contribution in [-0.4, -0.2) is 44.7 Å². The summed E-state index contributed by atoms with van der Waals surface area (Å²) in [6.45, 7) is 5.85. The van der Waals surface area contributed by atoms with Gasteiger partial charge in [0.05, 0.1) is 0 Å². The van der Waals surface area contributed by atoms with Gasteiger partial charge in [-0.15, -0.1) is 11.3 Å². The summed E-state index contributed by atoms with van der Waals surface area (Å²) in [5.74, 6) is -0.880. The fourth-order valence-corrected chi connectivity index (χ4v) is 2.66. The predicted molar refractivity (Wildman–Crippen MR) is 64.0 cm³/mol. The van der Waals surface area contributed by atoms with E-state index in [1.807, 2.05) is 6.92 Å². The van der Waals surface area contributed by atoms with E-state index in [9.17, 15) is 9.90 Å². The van der Waals surface area contributed by atoms with Crippen molar-refractivity contribution >= 4 is 17.3 Å². The van der Waals surface area contributed by atoms with Crippen LogP contribution in [0, 0.1) is 6.92 Å². The van der Waals surface area contributed by atoms with E-state index in [-0.39, 0.29) is 0 Å². The largest absolute Gasteiger partial charge is 0.480 e. The molecule has 94 valence electrons. The number of hydrogen-bond donors (Lipinski definition) is 2. The van der Waals surface area contributed by atoms with Crippen LogP contribution in [0.15, 0.2) is 6.20 Å². The number of aromatic nitrogens is 1. The third-order valence-electron chi connectivity index (χ3n) is 3.24. The number of nitrogens with zero attached hydrogens (tertiary/aromatic N) is 2. The van der Waals surface area contributed by atoms with Crippen molar-refractivity contribution in [1.82, 2.24) is 9.88 Å². The Labute approximate surface area is 104 Å². The number of aliphatic carboxylic acids is 1. The molecule has 2 N–H and O–H groups in total. The van der Waals surface area contributed by atoms with Crippen LogP contribution in [-0.2, 0) is 10.4 Å².